The van der Waals surface area contributed by atoms with Crippen LogP contribution in [-0.2, 0) is 0 Å². The third-order valence-electron chi connectivity index (χ3n) is 4.77. The SMILES string of the molecule is C=CCCCCCCCCC/C=C\CCCCCCCCCCN.Cl. The van der Waals surface area contributed by atoms with Crippen molar-refractivity contribution in [2.45, 2.75) is 116 Å². The van der Waals surface area contributed by atoms with E-state index >= 15 is 0 Å². The first kappa shape index (κ1) is 27.0. The van der Waals surface area contributed by atoms with Crippen LogP contribution in [0.15, 0.2) is 24.8 Å². The highest BCUT2D eigenvalue weighted by Crippen LogP contribution is 2.11. The van der Waals surface area contributed by atoms with Crippen molar-refractivity contribution in [3.05, 3.63) is 24.8 Å². The first-order chi connectivity index (χ1) is 11.9. The molecule has 2 heteroatoms. The molecule has 0 unspecified atom stereocenters. The second kappa shape index (κ2) is 26.0. The van der Waals surface area contributed by atoms with Gasteiger partial charge in [0.2, 0.25) is 0 Å². The minimum Gasteiger partial charge on any atom is -0.330 e. The van der Waals surface area contributed by atoms with E-state index in [-0.39, 0.29) is 12.4 Å². The van der Waals surface area contributed by atoms with Crippen LogP contribution in [0.5, 0.6) is 0 Å². The fourth-order valence-electron chi connectivity index (χ4n) is 3.14. The summed E-state index contributed by atoms with van der Waals surface area (Å²) in [5.41, 5.74) is 5.50. The summed E-state index contributed by atoms with van der Waals surface area (Å²) in [5, 5.41) is 0. The van der Waals surface area contributed by atoms with Crippen LogP contribution in [0.1, 0.15) is 116 Å². The average Bonchev–Trinajstić information content (AvgIpc) is 2.60. The summed E-state index contributed by atoms with van der Waals surface area (Å²) in [6.07, 6.45) is 31.4. The summed E-state index contributed by atoms with van der Waals surface area (Å²) < 4.78 is 0. The predicted octanol–water partition coefficient (Wildman–Crippen LogP) is 8.13. The quantitative estimate of drug-likeness (QED) is 0.169. The van der Waals surface area contributed by atoms with Gasteiger partial charge in [0.15, 0.2) is 0 Å². The molecule has 0 aromatic rings. The lowest BCUT2D eigenvalue weighted by Gasteiger charge is -2.01. The molecule has 0 fully saturated rings. The van der Waals surface area contributed by atoms with E-state index in [1.807, 2.05) is 6.08 Å². The van der Waals surface area contributed by atoms with E-state index in [0.29, 0.717) is 0 Å². The van der Waals surface area contributed by atoms with E-state index in [9.17, 15) is 0 Å². The van der Waals surface area contributed by atoms with Crippen molar-refractivity contribution in [3.63, 3.8) is 0 Å². The van der Waals surface area contributed by atoms with Crippen LogP contribution >= 0.6 is 12.4 Å². The molecule has 25 heavy (non-hydrogen) atoms. The lowest BCUT2D eigenvalue weighted by Crippen LogP contribution is -1.97. The number of allylic oxidation sites excluding steroid dienone is 3. The molecule has 0 bridgehead atoms. The number of hydrogen-bond acceptors (Lipinski definition) is 1. The third-order valence-corrected chi connectivity index (χ3v) is 4.77. The first-order valence-electron chi connectivity index (χ1n) is 10.9. The number of unbranched alkanes of at least 4 members (excludes halogenated alkanes) is 16. The molecular formula is C23H46ClN. The van der Waals surface area contributed by atoms with Crippen molar-refractivity contribution in [2.75, 3.05) is 6.54 Å². The minimum absolute atomic E-state index is 0. The second-order valence-electron chi connectivity index (χ2n) is 7.22. The van der Waals surface area contributed by atoms with Gasteiger partial charge in [0.25, 0.3) is 0 Å². The van der Waals surface area contributed by atoms with Gasteiger partial charge in [-0.05, 0) is 51.5 Å². The molecule has 0 saturated heterocycles. The number of hydrogen-bond donors (Lipinski definition) is 1. The molecule has 0 saturated carbocycles. The van der Waals surface area contributed by atoms with Gasteiger partial charge in [-0.1, -0.05) is 88.9 Å². The standard InChI is InChI=1S/C23H45N.ClH/c1-2-3-4-5-6-7-8-9-10-11-12-13-14-15-16-17-18-19-20-21-22-23-24;/h2,12-13H,1,3-11,14-24H2;1H/b13-12-;. The van der Waals surface area contributed by atoms with Crippen LogP contribution in [0, 0.1) is 0 Å². The van der Waals surface area contributed by atoms with Gasteiger partial charge in [0, 0.05) is 0 Å². The lowest BCUT2D eigenvalue weighted by atomic mass is 10.1. The van der Waals surface area contributed by atoms with Gasteiger partial charge in [-0.3, -0.25) is 0 Å². The highest BCUT2D eigenvalue weighted by atomic mass is 35.5. The van der Waals surface area contributed by atoms with E-state index in [2.05, 4.69) is 18.7 Å². The zero-order chi connectivity index (χ0) is 17.6. The Morgan fingerprint density at radius 2 is 0.800 bits per heavy atom. The normalized spacial score (nSPS) is 10.9. The molecule has 0 aromatic heterocycles. The van der Waals surface area contributed by atoms with Crippen molar-refractivity contribution in [3.8, 4) is 0 Å². The Kier molecular flexibility index (Phi) is 28.0. The van der Waals surface area contributed by atoms with E-state index in [1.54, 1.807) is 0 Å². The zero-order valence-electron chi connectivity index (χ0n) is 16.9. The molecular weight excluding hydrogens is 326 g/mol. The molecule has 2 N–H and O–H groups in total. The maximum Gasteiger partial charge on any atom is -0.00773 e. The molecule has 1 nitrogen and oxygen atoms in total. The van der Waals surface area contributed by atoms with Crippen LogP contribution in [0.2, 0.25) is 0 Å². The predicted molar refractivity (Wildman–Crippen MR) is 119 cm³/mol. The van der Waals surface area contributed by atoms with Gasteiger partial charge < -0.3 is 5.73 Å². The van der Waals surface area contributed by atoms with Crippen LogP contribution in [0.3, 0.4) is 0 Å². The molecule has 0 aromatic carbocycles. The maximum absolute atomic E-state index is 5.50. The van der Waals surface area contributed by atoms with E-state index in [4.69, 9.17) is 5.73 Å². The van der Waals surface area contributed by atoms with Crippen molar-refractivity contribution in [2.24, 2.45) is 5.73 Å². The van der Waals surface area contributed by atoms with Crippen molar-refractivity contribution < 1.29 is 0 Å². The average molecular weight is 372 g/mol. The summed E-state index contributed by atoms with van der Waals surface area (Å²) in [6, 6.07) is 0. The van der Waals surface area contributed by atoms with Gasteiger partial charge in [-0.15, -0.1) is 19.0 Å². The molecule has 0 spiro atoms. The van der Waals surface area contributed by atoms with Gasteiger partial charge in [-0.25, -0.2) is 0 Å². The minimum atomic E-state index is 0. The molecule has 0 aliphatic carbocycles. The van der Waals surface area contributed by atoms with Crippen molar-refractivity contribution in [1.29, 1.82) is 0 Å². The summed E-state index contributed by atoms with van der Waals surface area (Å²) in [4.78, 5) is 0. The Morgan fingerprint density at radius 1 is 0.480 bits per heavy atom. The van der Waals surface area contributed by atoms with E-state index in [1.165, 1.54) is 116 Å². The first-order valence-corrected chi connectivity index (χ1v) is 10.9. The fraction of sp³-hybridized carbons (Fsp3) is 0.826. The monoisotopic (exact) mass is 371 g/mol. The van der Waals surface area contributed by atoms with Crippen LogP contribution < -0.4 is 5.73 Å². The van der Waals surface area contributed by atoms with Crippen molar-refractivity contribution >= 4 is 12.4 Å². The third kappa shape index (κ3) is 26.1. The number of nitrogens with two attached hydrogens (primary N) is 1. The Balaban J connectivity index is 0. The molecule has 0 radical (unpaired) electrons. The lowest BCUT2D eigenvalue weighted by molar-refractivity contribution is 0.571. The summed E-state index contributed by atoms with van der Waals surface area (Å²) in [6.45, 7) is 4.63. The Morgan fingerprint density at radius 3 is 1.16 bits per heavy atom. The van der Waals surface area contributed by atoms with Crippen LogP contribution in [0.4, 0.5) is 0 Å². The maximum atomic E-state index is 5.50. The van der Waals surface area contributed by atoms with Gasteiger partial charge >= 0.3 is 0 Å². The molecule has 0 amide bonds. The molecule has 0 atom stereocenters. The molecule has 150 valence electrons. The summed E-state index contributed by atoms with van der Waals surface area (Å²) in [5.74, 6) is 0. The van der Waals surface area contributed by atoms with E-state index < -0.39 is 0 Å². The zero-order valence-corrected chi connectivity index (χ0v) is 17.7. The topological polar surface area (TPSA) is 26.0 Å². The van der Waals surface area contributed by atoms with Crippen LogP contribution in [-0.4, -0.2) is 6.54 Å². The fourth-order valence-corrected chi connectivity index (χ4v) is 3.14. The Labute approximate surface area is 165 Å². The molecule has 0 rings (SSSR count). The van der Waals surface area contributed by atoms with Crippen LogP contribution in [0.25, 0.3) is 0 Å². The summed E-state index contributed by atoms with van der Waals surface area (Å²) in [7, 11) is 0. The highest BCUT2D eigenvalue weighted by molar-refractivity contribution is 5.85. The van der Waals surface area contributed by atoms with Gasteiger partial charge in [0.1, 0.15) is 0 Å². The highest BCUT2D eigenvalue weighted by Gasteiger charge is 1.92. The smallest absolute Gasteiger partial charge is 0.00773 e. The summed E-state index contributed by atoms with van der Waals surface area (Å²) >= 11 is 0. The molecule has 0 heterocycles. The Bertz CT molecular complexity index is 263. The van der Waals surface area contributed by atoms with E-state index in [0.717, 1.165) is 6.54 Å². The largest absolute Gasteiger partial charge is 0.330 e. The van der Waals surface area contributed by atoms with Crippen molar-refractivity contribution in [1.82, 2.24) is 0 Å². The second-order valence-corrected chi connectivity index (χ2v) is 7.22. The van der Waals surface area contributed by atoms with Gasteiger partial charge in [-0.2, -0.15) is 0 Å². The molecule has 0 aliphatic rings. The Hall–Kier alpha value is -0.270. The van der Waals surface area contributed by atoms with Gasteiger partial charge in [0.05, 0.1) is 0 Å². The number of rotatable bonds is 20. The number of halogens is 1. The molecule has 0 aliphatic heterocycles.